The molecule has 57 heavy (non-hydrogen) atoms. The van der Waals surface area contributed by atoms with Crippen LogP contribution in [0.25, 0.3) is 32.9 Å². The van der Waals surface area contributed by atoms with Crippen LogP contribution in [0.15, 0.2) is 37.9 Å². The van der Waals surface area contributed by atoms with Gasteiger partial charge in [-0.3, -0.25) is 9.80 Å². The maximum Gasteiger partial charge on any atom is 0.519 e. The number of rotatable bonds is 13. The maximum absolute atomic E-state index is 17.4. The molecule has 2 fully saturated rings. The van der Waals surface area contributed by atoms with Gasteiger partial charge in [-0.25, -0.2) is 18.6 Å². The number of ether oxygens (including phenoxy) is 1. The largest absolute Gasteiger partial charge is 0.519 e. The van der Waals surface area contributed by atoms with Crippen LogP contribution in [0.2, 0.25) is 0 Å². The highest BCUT2D eigenvalue weighted by atomic mass is 19.1. The van der Waals surface area contributed by atoms with E-state index in [1.807, 2.05) is 6.92 Å². The van der Waals surface area contributed by atoms with Crippen molar-refractivity contribution >= 4 is 33.2 Å². The summed E-state index contributed by atoms with van der Waals surface area (Å²) in [6.07, 6.45) is 15.3. The lowest BCUT2D eigenvalue weighted by Crippen LogP contribution is -2.43. The van der Waals surface area contributed by atoms with Gasteiger partial charge in [-0.2, -0.15) is 9.97 Å². The minimum absolute atomic E-state index is 0.00891. The van der Waals surface area contributed by atoms with Crippen molar-refractivity contribution in [3.05, 3.63) is 69.3 Å². The minimum atomic E-state index is -0.695. The number of aromatic nitrogens is 3. The topological polar surface area (TPSA) is 136 Å². The first-order valence-electron chi connectivity index (χ1n) is 20.5. The van der Waals surface area contributed by atoms with Crippen molar-refractivity contribution < 1.29 is 22.4 Å². The molecule has 0 bridgehead atoms. The summed E-state index contributed by atoms with van der Waals surface area (Å²) in [7, 11) is 0. The fourth-order valence-corrected chi connectivity index (χ4v) is 9.61. The van der Waals surface area contributed by atoms with Crippen molar-refractivity contribution in [1.82, 2.24) is 24.8 Å². The Morgan fingerprint density at radius 3 is 2.58 bits per heavy atom. The Morgan fingerprint density at radius 2 is 1.84 bits per heavy atom. The third-order valence-corrected chi connectivity index (χ3v) is 12.4. The van der Waals surface area contributed by atoms with Crippen LogP contribution in [-0.4, -0.2) is 68.6 Å². The third kappa shape index (κ3) is 7.34. The number of halogens is 2. The van der Waals surface area contributed by atoms with Gasteiger partial charge in [-0.1, -0.05) is 32.8 Å². The number of fused-ring (bicyclic) bond motifs is 2. The molecule has 1 unspecified atom stereocenters. The van der Waals surface area contributed by atoms with Gasteiger partial charge in [0.25, 0.3) is 0 Å². The molecule has 3 aliphatic rings. The number of nitrogens with zero attached hydrogens (tertiary/aromatic N) is 5. The van der Waals surface area contributed by atoms with E-state index < -0.39 is 17.5 Å². The quantitative estimate of drug-likeness (QED) is 0.0889. The van der Waals surface area contributed by atoms with Crippen LogP contribution in [0.5, 0.6) is 6.01 Å². The lowest BCUT2D eigenvalue weighted by molar-refractivity contribution is 0.108. The molecule has 2 saturated heterocycles. The normalized spacial score (nSPS) is 17.9. The zero-order valence-corrected chi connectivity index (χ0v) is 33.1. The summed E-state index contributed by atoms with van der Waals surface area (Å²) >= 11 is 0. The van der Waals surface area contributed by atoms with Crippen LogP contribution in [0.1, 0.15) is 101 Å². The van der Waals surface area contributed by atoms with Gasteiger partial charge < -0.3 is 24.6 Å². The Hall–Kier alpha value is -5.06. The molecule has 13 heteroatoms. The molecular formula is C44H51F2N7O4. The first-order valence-corrected chi connectivity index (χ1v) is 20.5. The highest BCUT2D eigenvalue weighted by molar-refractivity contribution is 6.04. The SMILES string of the molecule is C#Cc1c(F)ccc2cc(N)cc(-c3nc4c5c(nc(OCC67CCCN6CCC7)nc5c3F)NC(CN(Cc3oc(=O)oc3CCC)C(CC)CC)CCC4)c12. The van der Waals surface area contributed by atoms with E-state index in [9.17, 15) is 4.79 Å². The van der Waals surface area contributed by atoms with Crippen LogP contribution in [0.3, 0.4) is 0 Å². The van der Waals surface area contributed by atoms with E-state index in [2.05, 4.69) is 34.9 Å². The van der Waals surface area contributed by atoms with Crippen LogP contribution in [0, 0.1) is 24.0 Å². The van der Waals surface area contributed by atoms with Gasteiger partial charge in [0.2, 0.25) is 0 Å². The van der Waals surface area contributed by atoms with Crippen molar-refractivity contribution in [3.8, 4) is 29.6 Å². The summed E-state index contributed by atoms with van der Waals surface area (Å²) in [6, 6.07) is 6.34. The van der Waals surface area contributed by atoms with Crippen molar-refractivity contribution in [2.75, 3.05) is 37.3 Å². The van der Waals surface area contributed by atoms with Crippen LogP contribution in [0.4, 0.5) is 20.3 Å². The monoisotopic (exact) mass is 779 g/mol. The lowest BCUT2D eigenvalue weighted by Gasteiger charge is -2.34. The molecule has 0 aliphatic carbocycles. The summed E-state index contributed by atoms with van der Waals surface area (Å²) in [6.45, 7) is 9.84. The van der Waals surface area contributed by atoms with E-state index in [0.717, 1.165) is 70.9 Å². The molecule has 2 aromatic carbocycles. The molecule has 1 atom stereocenters. The van der Waals surface area contributed by atoms with Gasteiger partial charge in [-0.05, 0) is 101 Å². The predicted molar refractivity (Wildman–Crippen MR) is 217 cm³/mol. The molecule has 0 amide bonds. The maximum atomic E-state index is 17.4. The number of hydrogen-bond acceptors (Lipinski definition) is 11. The van der Waals surface area contributed by atoms with E-state index in [-0.39, 0.29) is 40.4 Å². The number of nitrogens with one attached hydrogen (secondary N) is 1. The first kappa shape index (κ1) is 38.8. The first-order chi connectivity index (χ1) is 27.6. The Bertz CT molecular complexity index is 2390. The molecule has 8 rings (SSSR count). The molecule has 0 radical (unpaired) electrons. The van der Waals surface area contributed by atoms with Gasteiger partial charge in [-0.15, -0.1) is 6.42 Å². The molecule has 3 aliphatic heterocycles. The number of pyridine rings is 1. The number of nitrogen functional groups attached to an aromatic ring is 1. The third-order valence-electron chi connectivity index (χ3n) is 12.4. The molecule has 3 N–H and O–H groups in total. The smallest absolute Gasteiger partial charge is 0.461 e. The molecule has 6 heterocycles. The summed E-state index contributed by atoms with van der Waals surface area (Å²) in [4.78, 5) is 31.7. The molecule has 3 aromatic heterocycles. The van der Waals surface area contributed by atoms with Crippen LogP contribution in [-0.2, 0) is 19.4 Å². The second kappa shape index (κ2) is 16.1. The second-order valence-electron chi connectivity index (χ2n) is 15.9. The number of aryl methyl sites for hydroxylation is 2. The van der Waals surface area contributed by atoms with Crippen molar-refractivity contribution in [1.29, 1.82) is 0 Å². The summed E-state index contributed by atoms with van der Waals surface area (Å²) < 4.78 is 50.1. The zero-order chi connectivity index (χ0) is 39.8. The second-order valence-corrected chi connectivity index (χ2v) is 15.9. The number of terminal acetylenes is 1. The van der Waals surface area contributed by atoms with Crippen molar-refractivity contribution in [3.63, 3.8) is 0 Å². The van der Waals surface area contributed by atoms with E-state index >= 15 is 8.78 Å². The molecule has 300 valence electrons. The fourth-order valence-electron chi connectivity index (χ4n) is 9.61. The van der Waals surface area contributed by atoms with Gasteiger partial charge in [0.1, 0.15) is 29.5 Å². The summed E-state index contributed by atoms with van der Waals surface area (Å²) in [5.74, 6) is 2.08. The fraction of sp³-hybridized carbons (Fsp3) is 0.500. The molecule has 11 nitrogen and oxygen atoms in total. The number of benzene rings is 2. The van der Waals surface area contributed by atoms with Gasteiger partial charge >= 0.3 is 11.8 Å². The average Bonchev–Trinajstić information content (AvgIpc) is 3.88. The van der Waals surface area contributed by atoms with Crippen LogP contribution < -0.4 is 21.6 Å². The Morgan fingerprint density at radius 1 is 1.07 bits per heavy atom. The summed E-state index contributed by atoms with van der Waals surface area (Å²) in [5, 5.41) is 5.11. The Kier molecular flexibility index (Phi) is 10.9. The van der Waals surface area contributed by atoms with E-state index in [4.69, 9.17) is 40.7 Å². The lowest BCUT2D eigenvalue weighted by atomic mass is 9.94. The van der Waals surface area contributed by atoms with Gasteiger partial charge in [0, 0.05) is 41.7 Å². The predicted octanol–water partition coefficient (Wildman–Crippen LogP) is 8.00. The minimum Gasteiger partial charge on any atom is -0.461 e. The number of nitrogens with two attached hydrogens (primary N) is 1. The van der Waals surface area contributed by atoms with Crippen molar-refractivity contribution in [2.24, 2.45) is 0 Å². The standard InChI is InChI=1S/C44H51F2N7O4/c1-5-12-34-35(57-43(54)56-34)24-52(29(6-2)7-3)23-28-13-9-14-33-37-40(50-42(51-41(37)48-28)55-25-44-17-10-19-53(44)20-11-18-44)38(46)39(49-33)31-22-27(47)21-26-15-16-32(45)30(8-4)36(26)31/h4,15-16,21-22,28-29H,5-7,9-14,17-20,23-25,47H2,1-3H3,(H,48,50,51). The van der Waals surface area contributed by atoms with E-state index in [1.54, 1.807) is 18.2 Å². The molecule has 0 saturated carbocycles. The highest BCUT2D eigenvalue weighted by Gasteiger charge is 2.45. The van der Waals surface area contributed by atoms with Gasteiger partial charge in [0.15, 0.2) is 17.3 Å². The van der Waals surface area contributed by atoms with Crippen LogP contribution >= 0.6 is 0 Å². The summed E-state index contributed by atoms with van der Waals surface area (Å²) in [5.41, 5.74) is 7.61. The number of hydrogen-bond donors (Lipinski definition) is 2. The van der Waals surface area contributed by atoms with Crippen molar-refractivity contribution in [2.45, 2.75) is 116 Å². The molecular weight excluding hydrogens is 729 g/mol. The van der Waals surface area contributed by atoms with Gasteiger partial charge in [0.05, 0.1) is 28.7 Å². The Labute approximate surface area is 331 Å². The number of anilines is 2. The molecule has 5 aromatic rings. The Balaban J connectivity index is 1.23. The van der Waals surface area contributed by atoms with E-state index in [1.165, 1.54) is 6.07 Å². The highest BCUT2D eigenvalue weighted by Crippen LogP contribution is 2.42. The molecule has 0 spiro atoms. The average molecular weight is 780 g/mol. The van der Waals surface area contributed by atoms with E-state index in [0.29, 0.717) is 83.0 Å². The zero-order valence-electron chi connectivity index (χ0n) is 33.1.